The summed E-state index contributed by atoms with van der Waals surface area (Å²) >= 11 is 1.78. The summed E-state index contributed by atoms with van der Waals surface area (Å²) in [6.07, 6.45) is -2.71. The molecule has 2 aliphatic heterocycles. The lowest BCUT2D eigenvalue weighted by Crippen LogP contribution is -2.50. The van der Waals surface area contributed by atoms with Gasteiger partial charge in [-0.25, -0.2) is 9.59 Å². The minimum Gasteiger partial charge on any atom is -0.327 e. The van der Waals surface area contributed by atoms with Gasteiger partial charge in [0.15, 0.2) is 6.04 Å². The Balaban J connectivity index is 1.41. The van der Waals surface area contributed by atoms with Crippen LogP contribution in [0.1, 0.15) is 25.8 Å². The van der Waals surface area contributed by atoms with Crippen LogP contribution in [0.2, 0.25) is 0 Å². The van der Waals surface area contributed by atoms with Crippen LogP contribution in [0.5, 0.6) is 0 Å². The number of pyridine rings is 1. The van der Waals surface area contributed by atoms with Crippen molar-refractivity contribution in [2.24, 2.45) is 0 Å². The number of nitrogens with zero attached hydrogens (tertiary/aromatic N) is 4. The zero-order chi connectivity index (χ0) is 29.1. The van der Waals surface area contributed by atoms with Crippen LogP contribution in [0.4, 0.5) is 18.0 Å². The second kappa shape index (κ2) is 12.1. The van der Waals surface area contributed by atoms with Crippen LogP contribution in [-0.2, 0) is 19.8 Å². The number of amides is 3. The van der Waals surface area contributed by atoms with E-state index < -0.39 is 35.5 Å². The summed E-state index contributed by atoms with van der Waals surface area (Å²) in [6.45, 7) is 8.67. The van der Waals surface area contributed by atoms with Crippen molar-refractivity contribution in [3.05, 3.63) is 48.2 Å². The van der Waals surface area contributed by atoms with E-state index in [2.05, 4.69) is 26.7 Å². The van der Waals surface area contributed by atoms with Gasteiger partial charge in [0.1, 0.15) is 0 Å². The first-order valence-electron chi connectivity index (χ1n) is 12.9. The maximum absolute atomic E-state index is 12.8. The monoisotopic (exact) mass is 579 g/mol. The zero-order valence-electron chi connectivity index (χ0n) is 22.5. The molecule has 216 valence electrons. The number of carbonyl (C=O) groups excluding carboxylic acids is 3. The third-order valence-electron chi connectivity index (χ3n) is 7.15. The van der Waals surface area contributed by atoms with Gasteiger partial charge >= 0.3 is 18.2 Å². The fourth-order valence-corrected chi connectivity index (χ4v) is 5.57. The first-order valence-corrected chi connectivity index (χ1v) is 13.9. The van der Waals surface area contributed by atoms with Crippen LogP contribution < -0.4 is 5.32 Å². The maximum Gasteiger partial charge on any atom is 0.493 e. The van der Waals surface area contributed by atoms with Gasteiger partial charge in [-0.2, -0.15) is 13.2 Å². The number of likely N-dealkylation sites (N-methyl/N-ethyl adjacent to an activating group) is 1. The van der Waals surface area contributed by atoms with Gasteiger partial charge in [-0.1, -0.05) is 26.0 Å². The number of benzene rings is 1. The topological polar surface area (TPSA) is 95.1 Å². The van der Waals surface area contributed by atoms with Crippen LogP contribution in [0.25, 0.3) is 11.3 Å². The van der Waals surface area contributed by atoms with Crippen LogP contribution in [-0.4, -0.2) is 95.5 Å². The molecule has 13 heteroatoms. The Bertz CT molecular complexity index is 1230. The summed E-state index contributed by atoms with van der Waals surface area (Å²) in [4.78, 5) is 50.9. The van der Waals surface area contributed by atoms with Gasteiger partial charge in [0.05, 0.1) is 5.69 Å². The molecule has 2 aromatic rings. The van der Waals surface area contributed by atoms with E-state index in [1.54, 1.807) is 37.7 Å². The standard InChI is InChI=1S/C27H32F3N5O4S/c1-26(2,22-23(36)32-25(38)35(22)39-24(37)27(28,29)30)19-9-10-31-21(17-19)18-5-7-20(8-6-18)40-16-4-11-34-14-12-33(3)13-15-34/h5-10,17,22H,4,11-16H2,1-3H3,(H,32,36,38). The second-order valence-corrected chi connectivity index (χ2v) is 11.6. The third-order valence-corrected chi connectivity index (χ3v) is 8.25. The zero-order valence-corrected chi connectivity index (χ0v) is 23.3. The molecule has 40 heavy (non-hydrogen) atoms. The highest BCUT2D eigenvalue weighted by Gasteiger charge is 2.53. The number of hydrogen-bond donors (Lipinski definition) is 1. The Morgan fingerprint density at radius 3 is 2.42 bits per heavy atom. The fourth-order valence-electron chi connectivity index (χ4n) is 4.73. The van der Waals surface area contributed by atoms with Gasteiger partial charge in [-0.05, 0) is 55.6 Å². The number of halogens is 3. The van der Waals surface area contributed by atoms with E-state index in [0.717, 1.165) is 55.4 Å². The van der Waals surface area contributed by atoms with Gasteiger partial charge in [0, 0.05) is 48.2 Å². The summed E-state index contributed by atoms with van der Waals surface area (Å²) < 4.78 is 38.4. The highest BCUT2D eigenvalue weighted by Crippen LogP contribution is 2.35. The summed E-state index contributed by atoms with van der Waals surface area (Å²) in [5, 5.41) is 2.09. The Morgan fingerprint density at radius 1 is 1.10 bits per heavy atom. The molecule has 0 spiro atoms. The van der Waals surface area contributed by atoms with E-state index in [1.807, 2.05) is 29.6 Å². The van der Waals surface area contributed by atoms with Crippen molar-refractivity contribution >= 4 is 29.7 Å². The molecule has 1 aromatic heterocycles. The maximum atomic E-state index is 12.8. The molecule has 0 radical (unpaired) electrons. The molecule has 0 aliphatic carbocycles. The molecule has 1 N–H and O–H groups in total. The van der Waals surface area contributed by atoms with Gasteiger partial charge in [-0.3, -0.25) is 15.1 Å². The van der Waals surface area contributed by atoms with E-state index in [0.29, 0.717) is 11.3 Å². The molecule has 2 saturated heterocycles. The molecule has 0 bridgehead atoms. The summed E-state index contributed by atoms with van der Waals surface area (Å²) in [7, 11) is 2.15. The Labute approximate surface area is 235 Å². The number of carbonyl (C=O) groups is 3. The molecule has 9 nitrogen and oxygen atoms in total. The summed E-state index contributed by atoms with van der Waals surface area (Å²) in [5.41, 5.74) is 0.676. The number of alkyl halides is 3. The fraction of sp³-hybridized carbons (Fsp3) is 0.481. The molecule has 2 aliphatic rings. The minimum atomic E-state index is -5.33. The SMILES string of the molecule is CN1CCN(CCCSc2ccc(-c3cc(C(C)(C)C4C(=O)NC(=O)N4OC(=O)C(F)(F)F)ccn3)cc2)CC1. The van der Waals surface area contributed by atoms with Crippen LogP contribution in [0.15, 0.2) is 47.5 Å². The smallest absolute Gasteiger partial charge is 0.327 e. The molecular weight excluding hydrogens is 547 g/mol. The average Bonchev–Trinajstić information content (AvgIpc) is 3.20. The molecular formula is C27H32F3N5O4S. The number of hydroxylamine groups is 2. The molecule has 3 amide bonds. The number of hydrogen-bond acceptors (Lipinski definition) is 8. The Morgan fingerprint density at radius 2 is 1.77 bits per heavy atom. The van der Waals surface area contributed by atoms with E-state index >= 15 is 0 Å². The van der Waals surface area contributed by atoms with Crippen molar-refractivity contribution in [1.82, 2.24) is 25.2 Å². The normalized spacial score (nSPS) is 19.1. The number of nitrogens with one attached hydrogen (secondary N) is 1. The summed E-state index contributed by atoms with van der Waals surface area (Å²) in [5.74, 6) is -2.46. The number of thioether (sulfide) groups is 1. The molecule has 1 unspecified atom stereocenters. The van der Waals surface area contributed by atoms with Crippen molar-refractivity contribution < 1.29 is 32.4 Å². The molecule has 3 heterocycles. The molecule has 4 rings (SSSR count). The molecule has 2 fully saturated rings. The van der Waals surface area contributed by atoms with Crippen LogP contribution in [0.3, 0.4) is 0 Å². The minimum absolute atomic E-state index is 0.161. The highest BCUT2D eigenvalue weighted by molar-refractivity contribution is 7.99. The van der Waals surface area contributed by atoms with Crippen molar-refractivity contribution in [2.45, 2.75) is 42.8 Å². The largest absolute Gasteiger partial charge is 0.493 e. The van der Waals surface area contributed by atoms with E-state index in [-0.39, 0.29) is 5.06 Å². The number of aromatic nitrogens is 1. The van der Waals surface area contributed by atoms with Gasteiger partial charge in [0.25, 0.3) is 5.91 Å². The van der Waals surface area contributed by atoms with E-state index in [1.165, 1.54) is 6.20 Å². The van der Waals surface area contributed by atoms with E-state index in [9.17, 15) is 27.6 Å². The quantitative estimate of drug-likeness (QED) is 0.273. The molecule has 0 saturated carbocycles. The lowest BCUT2D eigenvalue weighted by molar-refractivity contribution is -0.232. The van der Waals surface area contributed by atoms with Gasteiger partial charge < -0.3 is 14.6 Å². The number of imide groups is 1. The number of urea groups is 1. The predicted molar refractivity (Wildman–Crippen MR) is 143 cm³/mol. The second-order valence-electron chi connectivity index (χ2n) is 10.4. The number of rotatable bonds is 9. The van der Waals surface area contributed by atoms with Crippen molar-refractivity contribution in [2.75, 3.05) is 45.5 Å². The molecule has 1 atom stereocenters. The first-order chi connectivity index (χ1) is 18.9. The van der Waals surface area contributed by atoms with Crippen LogP contribution in [0, 0.1) is 0 Å². The Hall–Kier alpha value is -3.16. The van der Waals surface area contributed by atoms with Crippen molar-refractivity contribution in [3.63, 3.8) is 0 Å². The predicted octanol–water partition coefficient (Wildman–Crippen LogP) is 3.70. The van der Waals surface area contributed by atoms with Crippen molar-refractivity contribution in [1.29, 1.82) is 0 Å². The highest BCUT2D eigenvalue weighted by atomic mass is 32.2. The number of piperazine rings is 1. The molecule has 1 aromatic carbocycles. The lowest BCUT2D eigenvalue weighted by atomic mass is 9.77. The third kappa shape index (κ3) is 6.94. The average molecular weight is 580 g/mol. The Kier molecular flexibility index (Phi) is 9.06. The van der Waals surface area contributed by atoms with Crippen LogP contribution >= 0.6 is 11.8 Å². The van der Waals surface area contributed by atoms with Gasteiger partial charge in [0.2, 0.25) is 0 Å². The van der Waals surface area contributed by atoms with E-state index in [4.69, 9.17) is 0 Å². The van der Waals surface area contributed by atoms with Crippen molar-refractivity contribution in [3.8, 4) is 11.3 Å². The lowest BCUT2D eigenvalue weighted by Gasteiger charge is -2.34. The first kappa shape index (κ1) is 29.8. The summed E-state index contributed by atoms with van der Waals surface area (Å²) in [6, 6.07) is 8.44. The van der Waals surface area contributed by atoms with Gasteiger partial charge in [-0.15, -0.1) is 16.8 Å².